The summed E-state index contributed by atoms with van der Waals surface area (Å²) in [6, 6.07) is 4.11. The Labute approximate surface area is 113 Å². The van der Waals surface area contributed by atoms with Crippen molar-refractivity contribution in [3.63, 3.8) is 0 Å². The first-order valence-electron chi connectivity index (χ1n) is 5.99. The van der Waals surface area contributed by atoms with Gasteiger partial charge in [-0.1, -0.05) is 6.07 Å². The topological polar surface area (TPSA) is 75.4 Å². The number of hydrogen-bond acceptors (Lipinski definition) is 4. The van der Waals surface area contributed by atoms with Crippen molar-refractivity contribution in [3.05, 3.63) is 24.0 Å². The van der Waals surface area contributed by atoms with Gasteiger partial charge in [-0.2, -0.15) is 0 Å². The fraction of sp³-hybridized carbons (Fsp3) is 0.500. The van der Waals surface area contributed by atoms with E-state index in [2.05, 4.69) is 4.72 Å². The molecule has 0 aliphatic heterocycles. The average Bonchev–Trinajstić information content (AvgIpc) is 2.27. The molecular weight excluding hydrogens is 269 g/mol. The first kappa shape index (κ1) is 15.9. The summed E-state index contributed by atoms with van der Waals surface area (Å²) in [5.41, 5.74) is 5.42. The Hall–Kier alpha value is -1.18. The molecule has 5 nitrogen and oxygen atoms in total. The van der Waals surface area contributed by atoms with Crippen molar-refractivity contribution in [2.24, 2.45) is 0 Å². The van der Waals surface area contributed by atoms with E-state index in [0.29, 0.717) is 12.6 Å². The van der Waals surface area contributed by atoms with Crippen LogP contribution in [0.3, 0.4) is 0 Å². The summed E-state index contributed by atoms with van der Waals surface area (Å²) in [5, 5.41) is 0. The standard InChI is InChI=1S/C12H20FN3O2S/c1-9(2)16(3)8-7-15-19(17,18)12-10(13)5-4-6-11(12)14/h4-6,9,15H,7-8,14H2,1-3H3. The lowest BCUT2D eigenvalue weighted by Crippen LogP contribution is -2.36. The van der Waals surface area contributed by atoms with Gasteiger partial charge in [-0.3, -0.25) is 0 Å². The number of anilines is 1. The fourth-order valence-corrected chi connectivity index (χ4v) is 2.70. The Morgan fingerprint density at radius 2 is 2.05 bits per heavy atom. The van der Waals surface area contributed by atoms with Crippen molar-refractivity contribution in [2.45, 2.75) is 24.8 Å². The third-order valence-electron chi connectivity index (χ3n) is 2.90. The number of halogens is 1. The largest absolute Gasteiger partial charge is 0.398 e. The molecule has 1 aromatic carbocycles. The van der Waals surface area contributed by atoms with Gasteiger partial charge in [0.25, 0.3) is 0 Å². The van der Waals surface area contributed by atoms with Gasteiger partial charge in [-0.15, -0.1) is 0 Å². The minimum atomic E-state index is -3.92. The zero-order valence-electron chi connectivity index (χ0n) is 11.4. The molecule has 0 bridgehead atoms. The molecule has 0 spiro atoms. The quantitative estimate of drug-likeness (QED) is 0.767. The molecule has 7 heteroatoms. The molecule has 0 fully saturated rings. The van der Waals surface area contributed by atoms with E-state index in [-0.39, 0.29) is 12.2 Å². The van der Waals surface area contributed by atoms with Gasteiger partial charge >= 0.3 is 0 Å². The molecule has 0 unspecified atom stereocenters. The zero-order valence-corrected chi connectivity index (χ0v) is 12.2. The third-order valence-corrected chi connectivity index (χ3v) is 4.46. The van der Waals surface area contributed by atoms with E-state index >= 15 is 0 Å². The molecule has 0 saturated heterocycles. The summed E-state index contributed by atoms with van der Waals surface area (Å²) in [7, 11) is -2.03. The number of sulfonamides is 1. The van der Waals surface area contributed by atoms with E-state index in [1.807, 2.05) is 25.8 Å². The van der Waals surface area contributed by atoms with Crippen LogP contribution < -0.4 is 10.5 Å². The SMILES string of the molecule is CC(C)N(C)CCNS(=O)(=O)c1c(N)cccc1F. The van der Waals surface area contributed by atoms with Crippen LogP contribution in [0.25, 0.3) is 0 Å². The fourth-order valence-electron chi connectivity index (χ4n) is 1.50. The summed E-state index contributed by atoms with van der Waals surface area (Å²) in [4.78, 5) is 1.50. The van der Waals surface area contributed by atoms with Crippen LogP contribution in [-0.2, 0) is 10.0 Å². The molecular formula is C12H20FN3O2S. The summed E-state index contributed by atoms with van der Waals surface area (Å²) in [5.74, 6) is -0.843. The number of nitrogens with two attached hydrogens (primary N) is 1. The van der Waals surface area contributed by atoms with Crippen molar-refractivity contribution >= 4 is 15.7 Å². The lowest BCUT2D eigenvalue weighted by Gasteiger charge is -2.21. The number of hydrogen-bond donors (Lipinski definition) is 2. The molecule has 0 aromatic heterocycles. The number of nitrogen functional groups attached to an aromatic ring is 1. The van der Waals surface area contributed by atoms with Crippen molar-refractivity contribution in [2.75, 3.05) is 25.9 Å². The normalized spacial score (nSPS) is 12.3. The summed E-state index contributed by atoms with van der Waals surface area (Å²) < 4.78 is 39.9. The van der Waals surface area contributed by atoms with E-state index in [9.17, 15) is 12.8 Å². The Morgan fingerprint density at radius 1 is 1.42 bits per heavy atom. The highest BCUT2D eigenvalue weighted by Gasteiger charge is 2.21. The van der Waals surface area contributed by atoms with E-state index in [1.165, 1.54) is 12.1 Å². The molecule has 108 valence electrons. The van der Waals surface area contributed by atoms with Crippen LogP contribution in [0.2, 0.25) is 0 Å². The van der Waals surface area contributed by atoms with Crippen LogP contribution >= 0.6 is 0 Å². The number of rotatable bonds is 6. The van der Waals surface area contributed by atoms with Crippen molar-refractivity contribution in [3.8, 4) is 0 Å². The highest BCUT2D eigenvalue weighted by Crippen LogP contribution is 2.20. The van der Waals surface area contributed by atoms with Crippen LogP contribution in [0.5, 0.6) is 0 Å². The smallest absolute Gasteiger partial charge is 0.245 e. The summed E-state index contributed by atoms with van der Waals surface area (Å²) in [6.07, 6.45) is 0. The number of nitrogens with zero attached hydrogens (tertiary/aromatic N) is 1. The van der Waals surface area contributed by atoms with Crippen molar-refractivity contribution < 1.29 is 12.8 Å². The predicted molar refractivity (Wildman–Crippen MR) is 73.8 cm³/mol. The Balaban J connectivity index is 2.77. The lowest BCUT2D eigenvalue weighted by molar-refractivity contribution is 0.278. The maximum Gasteiger partial charge on any atom is 0.245 e. The van der Waals surface area contributed by atoms with Gasteiger partial charge in [0.1, 0.15) is 10.7 Å². The average molecular weight is 289 g/mol. The highest BCUT2D eigenvalue weighted by atomic mass is 32.2. The van der Waals surface area contributed by atoms with Crippen LogP contribution in [0.15, 0.2) is 23.1 Å². The molecule has 0 aliphatic carbocycles. The molecule has 0 radical (unpaired) electrons. The van der Waals surface area contributed by atoms with E-state index in [1.54, 1.807) is 0 Å². The van der Waals surface area contributed by atoms with Gasteiger partial charge < -0.3 is 10.6 Å². The Bertz CT molecular complexity index is 512. The highest BCUT2D eigenvalue weighted by molar-refractivity contribution is 7.89. The molecule has 1 aromatic rings. The second-order valence-electron chi connectivity index (χ2n) is 4.63. The van der Waals surface area contributed by atoms with Crippen LogP contribution in [0, 0.1) is 5.82 Å². The lowest BCUT2D eigenvalue weighted by atomic mass is 10.3. The first-order chi connectivity index (χ1) is 8.75. The predicted octanol–water partition coefficient (Wildman–Crippen LogP) is 1.03. The maximum absolute atomic E-state index is 13.6. The third kappa shape index (κ3) is 4.15. The molecule has 3 N–H and O–H groups in total. The minimum absolute atomic E-state index is 0.0929. The van der Waals surface area contributed by atoms with Crippen molar-refractivity contribution in [1.29, 1.82) is 0 Å². The first-order valence-corrected chi connectivity index (χ1v) is 7.48. The molecule has 0 atom stereocenters. The molecule has 0 amide bonds. The molecule has 0 aliphatic rings. The van der Waals surface area contributed by atoms with Crippen LogP contribution in [0.4, 0.5) is 10.1 Å². The van der Waals surface area contributed by atoms with E-state index < -0.39 is 20.7 Å². The van der Waals surface area contributed by atoms with Gasteiger partial charge in [-0.05, 0) is 33.0 Å². The molecule has 0 heterocycles. The Morgan fingerprint density at radius 3 is 2.58 bits per heavy atom. The summed E-state index contributed by atoms with van der Waals surface area (Å²) in [6.45, 7) is 4.74. The number of likely N-dealkylation sites (N-methyl/N-ethyl adjacent to an activating group) is 1. The second-order valence-corrected chi connectivity index (χ2v) is 6.33. The molecule has 0 saturated carbocycles. The van der Waals surface area contributed by atoms with Crippen molar-refractivity contribution in [1.82, 2.24) is 9.62 Å². The minimum Gasteiger partial charge on any atom is -0.398 e. The van der Waals surface area contributed by atoms with Gasteiger partial charge in [-0.25, -0.2) is 17.5 Å². The second kappa shape index (κ2) is 6.31. The van der Waals surface area contributed by atoms with Gasteiger partial charge in [0, 0.05) is 19.1 Å². The number of nitrogens with one attached hydrogen (secondary N) is 1. The molecule has 19 heavy (non-hydrogen) atoms. The van der Waals surface area contributed by atoms with E-state index in [4.69, 9.17) is 5.73 Å². The monoisotopic (exact) mass is 289 g/mol. The van der Waals surface area contributed by atoms with Crippen LogP contribution in [0.1, 0.15) is 13.8 Å². The van der Waals surface area contributed by atoms with Gasteiger partial charge in [0.05, 0.1) is 5.69 Å². The zero-order chi connectivity index (χ0) is 14.6. The Kier molecular flexibility index (Phi) is 5.28. The van der Waals surface area contributed by atoms with Gasteiger partial charge in [0.15, 0.2) is 0 Å². The van der Waals surface area contributed by atoms with Gasteiger partial charge in [0.2, 0.25) is 10.0 Å². The molecule has 1 rings (SSSR count). The number of benzene rings is 1. The summed E-state index contributed by atoms with van der Waals surface area (Å²) >= 11 is 0. The van der Waals surface area contributed by atoms with E-state index in [0.717, 1.165) is 6.07 Å². The van der Waals surface area contributed by atoms with Crippen LogP contribution in [-0.4, -0.2) is 39.5 Å². The maximum atomic E-state index is 13.6.